The second-order valence-corrected chi connectivity index (χ2v) is 4.28. The van der Waals surface area contributed by atoms with Crippen molar-refractivity contribution >= 4 is 16.9 Å². The molecule has 3 rings (SSSR count). The molecule has 1 aromatic heterocycles. The number of nitrogen functional groups attached to an aromatic ring is 1. The Morgan fingerprint density at radius 1 is 0.950 bits per heavy atom. The number of hydrogen-bond acceptors (Lipinski definition) is 5. The summed E-state index contributed by atoms with van der Waals surface area (Å²) in [6, 6.07) is 15.3. The highest BCUT2D eigenvalue weighted by Crippen LogP contribution is 2.27. The van der Waals surface area contributed by atoms with Crippen molar-refractivity contribution in [2.45, 2.75) is 0 Å². The summed E-state index contributed by atoms with van der Waals surface area (Å²) in [6.45, 7) is 0. The topological polar surface area (TPSA) is 73.1 Å². The lowest BCUT2D eigenvalue weighted by Gasteiger charge is -2.09. The summed E-state index contributed by atoms with van der Waals surface area (Å²) in [4.78, 5) is 9.11. The molecule has 0 fully saturated rings. The molecule has 20 heavy (non-hydrogen) atoms. The minimum atomic E-state index is 0.550. The molecule has 100 valence electrons. The van der Waals surface area contributed by atoms with Crippen LogP contribution in [0.25, 0.3) is 22.3 Å². The Kier molecular flexibility index (Phi) is 3.18. The maximum absolute atomic E-state index is 5.56. The highest BCUT2D eigenvalue weighted by atomic mass is 16.5. The third kappa shape index (κ3) is 2.15. The number of rotatable bonds is 3. The number of hydrogen-bond donors (Lipinski definition) is 2. The maximum atomic E-state index is 5.56. The van der Waals surface area contributed by atoms with E-state index >= 15 is 0 Å². The van der Waals surface area contributed by atoms with E-state index < -0.39 is 0 Å². The highest BCUT2D eigenvalue weighted by Gasteiger charge is 2.10. The zero-order valence-electron chi connectivity index (χ0n) is 11.0. The van der Waals surface area contributed by atoms with Crippen LogP contribution in [0.2, 0.25) is 0 Å². The van der Waals surface area contributed by atoms with Crippen molar-refractivity contribution in [3.8, 4) is 17.0 Å². The summed E-state index contributed by atoms with van der Waals surface area (Å²) in [5, 5.41) is 0. The molecule has 0 bridgehead atoms. The van der Waals surface area contributed by atoms with Gasteiger partial charge in [0.05, 0.1) is 18.1 Å². The molecule has 5 heteroatoms. The van der Waals surface area contributed by atoms with E-state index in [9.17, 15) is 0 Å². The molecule has 0 aliphatic heterocycles. The molecule has 0 amide bonds. The van der Waals surface area contributed by atoms with Gasteiger partial charge < -0.3 is 10.2 Å². The fourth-order valence-electron chi connectivity index (χ4n) is 2.05. The van der Waals surface area contributed by atoms with Crippen molar-refractivity contribution in [1.82, 2.24) is 9.97 Å². The van der Waals surface area contributed by atoms with Crippen LogP contribution in [0.1, 0.15) is 0 Å². The highest BCUT2D eigenvalue weighted by molar-refractivity contribution is 5.83. The molecule has 0 aliphatic carbocycles. The van der Waals surface area contributed by atoms with E-state index in [0.29, 0.717) is 11.5 Å². The first kappa shape index (κ1) is 12.4. The number of fused-ring (bicyclic) bond motifs is 1. The summed E-state index contributed by atoms with van der Waals surface area (Å²) in [7, 11) is 1.64. The lowest BCUT2D eigenvalue weighted by molar-refractivity contribution is 0.415. The first-order valence-corrected chi connectivity index (χ1v) is 6.19. The second kappa shape index (κ2) is 5.14. The average molecular weight is 266 g/mol. The van der Waals surface area contributed by atoms with Crippen molar-refractivity contribution in [3.63, 3.8) is 0 Å². The summed E-state index contributed by atoms with van der Waals surface area (Å²) >= 11 is 0. The van der Waals surface area contributed by atoms with E-state index in [2.05, 4.69) is 15.4 Å². The van der Waals surface area contributed by atoms with Crippen LogP contribution >= 0.6 is 0 Å². The Labute approximate surface area is 116 Å². The van der Waals surface area contributed by atoms with Crippen LogP contribution < -0.4 is 16.0 Å². The molecule has 0 aliphatic rings. The van der Waals surface area contributed by atoms with Crippen LogP contribution in [0.5, 0.6) is 5.75 Å². The molecule has 0 saturated carbocycles. The number of ether oxygens (including phenoxy) is 1. The minimum Gasteiger partial charge on any atom is -0.497 e. The molecular formula is C15H14N4O. The van der Waals surface area contributed by atoms with Gasteiger partial charge in [0.15, 0.2) is 5.82 Å². The molecule has 1 heterocycles. The fraction of sp³-hybridized carbons (Fsp3) is 0.0667. The van der Waals surface area contributed by atoms with Crippen LogP contribution in [-0.2, 0) is 0 Å². The molecule has 0 radical (unpaired) electrons. The third-order valence-electron chi connectivity index (χ3n) is 3.07. The number of anilines is 1. The molecule has 0 saturated heterocycles. The lowest BCUT2D eigenvalue weighted by atomic mass is 10.1. The molecule has 0 unspecified atom stereocenters. The Bertz CT molecular complexity index is 740. The normalized spacial score (nSPS) is 10.5. The number of aromatic nitrogens is 2. The zero-order chi connectivity index (χ0) is 13.9. The van der Waals surface area contributed by atoms with Crippen molar-refractivity contribution in [2.24, 2.45) is 5.84 Å². The monoisotopic (exact) mass is 266 g/mol. The predicted octanol–water partition coefficient (Wildman–Crippen LogP) is 2.59. The van der Waals surface area contributed by atoms with Crippen molar-refractivity contribution in [2.75, 3.05) is 12.5 Å². The molecule has 5 nitrogen and oxygen atoms in total. The van der Waals surface area contributed by atoms with Gasteiger partial charge in [-0.15, -0.1) is 0 Å². The van der Waals surface area contributed by atoms with E-state index in [0.717, 1.165) is 22.3 Å². The van der Waals surface area contributed by atoms with Gasteiger partial charge in [0.1, 0.15) is 11.4 Å². The van der Waals surface area contributed by atoms with E-state index in [1.54, 1.807) is 7.11 Å². The smallest absolute Gasteiger partial charge is 0.167 e. The number of hydrazine groups is 1. The number of methoxy groups -OCH3 is 1. The van der Waals surface area contributed by atoms with E-state index in [1.165, 1.54) is 0 Å². The number of nitrogens with zero attached hydrogens (tertiary/aromatic N) is 2. The first-order chi connectivity index (χ1) is 9.81. The van der Waals surface area contributed by atoms with Crippen LogP contribution in [-0.4, -0.2) is 17.1 Å². The van der Waals surface area contributed by atoms with Gasteiger partial charge in [-0.25, -0.2) is 15.8 Å². The van der Waals surface area contributed by atoms with E-state index in [1.807, 2.05) is 48.5 Å². The lowest BCUT2D eigenvalue weighted by Crippen LogP contribution is -2.11. The zero-order valence-corrected chi connectivity index (χ0v) is 11.0. The van der Waals surface area contributed by atoms with Crippen LogP contribution in [0.4, 0.5) is 5.82 Å². The standard InChI is InChI=1S/C15H14N4O/c1-20-11-8-6-10(7-9-11)14-15(19-16)18-13-5-3-2-4-12(13)17-14/h2-9H,16H2,1H3,(H,18,19). The maximum Gasteiger partial charge on any atom is 0.167 e. The predicted molar refractivity (Wildman–Crippen MR) is 79.3 cm³/mol. The van der Waals surface area contributed by atoms with Gasteiger partial charge in [0.2, 0.25) is 0 Å². The summed E-state index contributed by atoms with van der Waals surface area (Å²) in [5.74, 6) is 6.90. The largest absolute Gasteiger partial charge is 0.497 e. The van der Waals surface area contributed by atoms with Gasteiger partial charge in [-0.05, 0) is 36.4 Å². The summed E-state index contributed by atoms with van der Waals surface area (Å²) < 4.78 is 5.16. The average Bonchev–Trinajstić information content (AvgIpc) is 2.53. The molecule has 2 aromatic carbocycles. The number of para-hydroxylation sites is 2. The first-order valence-electron chi connectivity index (χ1n) is 6.19. The summed E-state index contributed by atoms with van der Waals surface area (Å²) in [5.41, 5.74) is 5.89. The van der Waals surface area contributed by atoms with Crippen LogP contribution in [0, 0.1) is 0 Å². The summed E-state index contributed by atoms with van der Waals surface area (Å²) in [6.07, 6.45) is 0. The van der Waals surface area contributed by atoms with Gasteiger partial charge in [-0.3, -0.25) is 0 Å². The Morgan fingerprint density at radius 2 is 1.60 bits per heavy atom. The molecule has 0 atom stereocenters. The SMILES string of the molecule is COc1ccc(-c2nc3ccccc3nc2NN)cc1. The van der Waals surface area contributed by atoms with Gasteiger partial charge in [-0.2, -0.15) is 0 Å². The third-order valence-corrected chi connectivity index (χ3v) is 3.07. The van der Waals surface area contributed by atoms with Gasteiger partial charge in [-0.1, -0.05) is 12.1 Å². The quantitative estimate of drug-likeness (QED) is 0.563. The second-order valence-electron chi connectivity index (χ2n) is 4.28. The molecule has 3 aromatic rings. The molecule has 0 spiro atoms. The van der Waals surface area contributed by atoms with Crippen LogP contribution in [0.15, 0.2) is 48.5 Å². The van der Waals surface area contributed by atoms with E-state index in [4.69, 9.17) is 10.6 Å². The minimum absolute atomic E-state index is 0.550. The van der Waals surface area contributed by atoms with Crippen molar-refractivity contribution in [1.29, 1.82) is 0 Å². The van der Waals surface area contributed by atoms with Gasteiger partial charge in [0.25, 0.3) is 0 Å². The molecule has 3 N–H and O–H groups in total. The number of nitrogens with one attached hydrogen (secondary N) is 1. The van der Waals surface area contributed by atoms with Gasteiger partial charge >= 0.3 is 0 Å². The Balaban J connectivity index is 2.17. The number of nitrogens with two attached hydrogens (primary N) is 1. The van der Waals surface area contributed by atoms with E-state index in [-0.39, 0.29) is 0 Å². The number of benzene rings is 2. The fourth-order valence-corrected chi connectivity index (χ4v) is 2.05. The van der Waals surface area contributed by atoms with Gasteiger partial charge in [0, 0.05) is 5.56 Å². The van der Waals surface area contributed by atoms with Crippen molar-refractivity contribution in [3.05, 3.63) is 48.5 Å². The Hall–Kier alpha value is -2.66. The van der Waals surface area contributed by atoms with Crippen molar-refractivity contribution < 1.29 is 4.74 Å². The van der Waals surface area contributed by atoms with Crippen LogP contribution in [0.3, 0.4) is 0 Å². The Morgan fingerprint density at radius 3 is 2.20 bits per heavy atom. The molecular weight excluding hydrogens is 252 g/mol.